The van der Waals surface area contributed by atoms with E-state index in [0.29, 0.717) is 19.8 Å². The maximum absolute atomic E-state index is 10.8. The maximum atomic E-state index is 10.8. The lowest BCUT2D eigenvalue weighted by atomic mass is 10.3. The molecule has 2 N–H and O–H groups in total. The highest BCUT2D eigenvalue weighted by molar-refractivity contribution is 7.52. The van der Waals surface area contributed by atoms with Crippen LogP contribution in [0.15, 0.2) is 0 Å². The van der Waals surface area contributed by atoms with Gasteiger partial charge in [-0.25, -0.2) is 0 Å². The van der Waals surface area contributed by atoms with Gasteiger partial charge in [-0.2, -0.15) is 0 Å². The lowest BCUT2D eigenvalue weighted by molar-refractivity contribution is 0.0375. The number of morpholine rings is 1. The van der Waals surface area contributed by atoms with Gasteiger partial charge < -0.3 is 14.5 Å². The van der Waals surface area contributed by atoms with Crippen molar-refractivity contribution in [1.29, 1.82) is 0 Å². The lowest BCUT2D eigenvalue weighted by Crippen LogP contribution is -2.40. The number of rotatable bonds is 3. The minimum absolute atomic E-state index is 0.452. The van der Waals surface area contributed by atoms with Crippen LogP contribution < -0.4 is 0 Å². The first-order valence-electron chi connectivity index (χ1n) is 4.35. The van der Waals surface area contributed by atoms with Crippen molar-refractivity contribution in [2.75, 3.05) is 32.8 Å². The van der Waals surface area contributed by atoms with E-state index in [1.807, 2.05) is 4.90 Å². The first-order valence-corrected chi connectivity index (χ1v) is 6.03. The Labute approximate surface area is 77.8 Å². The molecule has 0 spiro atoms. The minimum atomic E-state index is -3.91. The third-order valence-corrected chi connectivity index (χ3v) is 3.51. The Morgan fingerprint density at radius 3 is 2.46 bits per heavy atom. The smallest absolute Gasteiger partial charge is 0.329 e. The van der Waals surface area contributed by atoms with E-state index in [2.05, 4.69) is 0 Å². The molecule has 1 fully saturated rings. The van der Waals surface area contributed by atoms with Crippen LogP contribution in [0.3, 0.4) is 0 Å². The predicted molar refractivity (Wildman–Crippen MR) is 48.8 cm³/mol. The van der Waals surface area contributed by atoms with E-state index < -0.39 is 13.3 Å². The normalized spacial score (nSPS) is 23.0. The summed E-state index contributed by atoms with van der Waals surface area (Å²) in [6.45, 7) is 4.89. The number of nitrogens with zero attached hydrogens (tertiary/aromatic N) is 1. The summed E-state index contributed by atoms with van der Waals surface area (Å²) in [7, 11) is -3.91. The van der Waals surface area contributed by atoms with Crippen LogP contribution in [0.2, 0.25) is 0 Å². The van der Waals surface area contributed by atoms with Gasteiger partial charge >= 0.3 is 7.60 Å². The Kier molecular flexibility index (Phi) is 3.88. The molecule has 0 aromatic carbocycles. The standard InChI is InChI=1S/C7H16NO4P/c1-7(13(9,10)11)6-8-2-4-12-5-3-8/h7H,2-6H2,1H3,(H2,9,10,11)/t7-/m0/s1. The number of ether oxygens (including phenoxy) is 1. The highest BCUT2D eigenvalue weighted by Crippen LogP contribution is 2.41. The van der Waals surface area contributed by atoms with E-state index in [1.165, 1.54) is 0 Å². The molecule has 6 heteroatoms. The molecule has 1 rings (SSSR count). The molecule has 1 saturated heterocycles. The Balaban J connectivity index is 2.34. The zero-order valence-corrected chi connectivity index (χ0v) is 8.61. The van der Waals surface area contributed by atoms with Crippen LogP contribution in [-0.4, -0.2) is 53.2 Å². The summed E-state index contributed by atoms with van der Waals surface area (Å²) < 4.78 is 16.0. The summed E-state index contributed by atoms with van der Waals surface area (Å²) >= 11 is 0. The molecule has 13 heavy (non-hydrogen) atoms. The van der Waals surface area contributed by atoms with Gasteiger partial charge in [-0.3, -0.25) is 9.46 Å². The van der Waals surface area contributed by atoms with Crippen LogP contribution in [0.25, 0.3) is 0 Å². The van der Waals surface area contributed by atoms with Gasteiger partial charge in [0.05, 0.1) is 18.9 Å². The fourth-order valence-electron chi connectivity index (χ4n) is 1.26. The van der Waals surface area contributed by atoms with Gasteiger partial charge in [0.1, 0.15) is 0 Å². The van der Waals surface area contributed by atoms with Crippen molar-refractivity contribution in [3.63, 3.8) is 0 Å². The van der Waals surface area contributed by atoms with Crippen molar-refractivity contribution in [2.24, 2.45) is 0 Å². The maximum Gasteiger partial charge on any atom is 0.329 e. The highest BCUT2D eigenvalue weighted by atomic mass is 31.2. The predicted octanol–water partition coefficient (Wildman–Crippen LogP) is -0.115. The Bertz CT molecular complexity index is 199. The summed E-state index contributed by atoms with van der Waals surface area (Å²) in [5.74, 6) is 0. The van der Waals surface area contributed by atoms with Crippen molar-refractivity contribution in [2.45, 2.75) is 12.6 Å². The van der Waals surface area contributed by atoms with E-state index >= 15 is 0 Å². The van der Waals surface area contributed by atoms with Crippen LogP contribution in [0.5, 0.6) is 0 Å². The van der Waals surface area contributed by atoms with E-state index in [-0.39, 0.29) is 0 Å². The average Bonchev–Trinajstić information content (AvgIpc) is 2.04. The van der Waals surface area contributed by atoms with Crippen LogP contribution in [-0.2, 0) is 9.30 Å². The molecule has 0 saturated carbocycles. The number of hydrogen-bond acceptors (Lipinski definition) is 3. The van der Waals surface area contributed by atoms with Gasteiger partial charge in [0.2, 0.25) is 0 Å². The molecule has 5 nitrogen and oxygen atoms in total. The Morgan fingerprint density at radius 1 is 1.46 bits per heavy atom. The molecule has 78 valence electrons. The van der Waals surface area contributed by atoms with Gasteiger partial charge in [-0.15, -0.1) is 0 Å². The van der Waals surface area contributed by atoms with Crippen LogP contribution in [0.1, 0.15) is 6.92 Å². The zero-order chi connectivity index (χ0) is 9.90. The van der Waals surface area contributed by atoms with E-state index in [9.17, 15) is 4.57 Å². The molecule has 0 aromatic rings. The minimum Gasteiger partial charge on any atom is -0.379 e. The fourth-order valence-corrected chi connectivity index (χ4v) is 1.71. The first kappa shape index (κ1) is 11.1. The second-order valence-electron chi connectivity index (χ2n) is 3.35. The first-order chi connectivity index (χ1) is 6.00. The van der Waals surface area contributed by atoms with Crippen molar-refractivity contribution >= 4 is 7.60 Å². The van der Waals surface area contributed by atoms with Crippen LogP contribution in [0.4, 0.5) is 0 Å². The molecule has 0 unspecified atom stereocenters. The third-order valence-electron chi connectivity index (χ3n) is 2.20. The van der Waals surface area contributed by atoms with E-state index in [1.54, 1.807) is 6.92 Å². The fraction of sp³-hybridized carbons (Fsp3) is 1.00. The van der Waals surface area contributed by atoms with Gasteiger partial charge in [0, 0.05) is 19.6 Å². The summed E-state index contributed by atoms with van der Waals surface area (Å²) in [5.41, 5.74) is -0.578. The molecule has 0 aliphatic carbocycles. The van der Waals surface area contributed by atoms with Gasteiger partial charge in [0.15, 0.2) is 0 Å². The molecule has 1 atom stereocenters. The summed E-state index contributed by atoms with van der Waals surface area (Å²) in [6.07, 6.45) is 0. The third kappa shape index (κ3) is 3.75. The quantitative estimate of drug-likeness (QED) is 0.634. The topological polar surface area (TPSA) is 70.0 Å². The van der Waals surface area contributed by atoms with Crippen LogP contribution >= 0.6 is 7.60 Å². The van der Waals surface area contributed by atoms with Crippen molar-refractivity contribution < 1.29 is 19.1 Å². The van der Waals surface area contributed by atoms with Gasteiger partial charge in [-0.05, 0) is 6.92 Å². The molecule has 0 bridgehead atoms. The van der Waals surface area contributed by atoms with E-state index in [4.69, 9.17) is 14.5 Å². The van der Waals surface area contributed by atoms with E-state index in [0.717, 1.165) is 13.1 Å². The molecule has 0 amide bonds. The van der Waals surface area contributed by atoms with Gasteiger partial charge in [0.25, 0.3) is 0 Å². The molecular weight excluding hydrogens is 193 g/mol. The second kappa shape index (κ2) is 4.53. The monoisotopic (exact) mass is 209 g/mol. The van der Waals surface area contributed by atoms with Crippen LogP contribution in [0, 0.1) is 0 Å². The molecule has 1 heterocycles. The lowest BCUT2D eigenvalue weighted by Gasteiger charge is -2.29. The zero-order valence-electron chi connectivity index (χ0n) is 7.72. The number of hydrogen-bond donors (Lipinski definition) is 2. The summed E-state index contributed by atoms with van der Waals surface area (Å²) in [5, 5.41) is 0. The molecule has 1 aliphatic rings. The largest absolute Gasteiger partial charge is 0.379 e. The molecule has 0 aromatic heterocycles. The van der Waals surface area contributed by atoms with Crippen molar-refractivity contribution in [3.8, 4) is 0 Å². The average molecular weight is 209 g/mol. The molecular formula is C7H16NO4P. The highest BCUT2D eigenvalue weighted by Gasteiger charge is 2.26. The summed E-state index contributed by atoms with van der Waals surface area (Å²) in [6, 6.07) is 0. The summed E-state index contributed by atoms with van der Waals surface area (Å²) in [4.78, 5) is 19.8. The molecule has 1 aliphatic heterocycles. The SMILES string of the molecule is C[C@@H](CN1CCOCC1)P(=O)(O)O. The van der Waals surface area contributed by atoms with Gasteiger partial charge in [-0.1, -0.05) is 0 Å². The Morgan fingerprint density at radius 2 is 2.00 bits per heavy atom. The second-order valence-corrected chi connectivity index (χ2v) is 5.41. The van der Waals surface area contributed by atoms with Crippen molar-refractivity contribution in [1.82, 2.24) is 4.90 Å². The molecule has 0 radical (unpaired) electrons. The van der Waals surface area contributed by atoms with Crippen molar-refractivity contribution in [3.05, 3.63) is 0 Å². The Hall–Kier alpha value is 0.0700.